The lowest BCUT2D eigenvalue weighted by Gasteiger charge is -2.04. The van der Waals surface area contributed by atoms with Crippen molar-refractivity contribution >= 4 is 11.9 Å². The number of aromatic hydroxyl groups is 1. The lowest BCUT2D eigenvalue weighted by Crippen LogP contribution is -1.93. The van der Waals surface area contributed by atoms with Crippen LogP contribution in [0, 0.1) is 0 Å². The smallest absolute Gasteiger partial charge is 0.185 e. The molecule has 0 spiro atoms. The topological polar surface area (TPSA) is 37.3 Å². The van der Waals surface area contributed by atoms with Gasteiger partial charge < -0.3 is 5.11 Å². The summed E-state index contributed by atoms with van der Waals surface area (Å²) in [6, 6.07) is 14.4. The van der Waals surface area contributed by atoms with Crippen molar-refractivity contribution in [3.63, 3.8) is 0 Å². The van der Waals surface area contributed by atoms with Crippen molar-refractivity contribution in [2.45, 2.75) is 19.8 Å². The number of hydrogen-bond donors (Lipinski definition) is 1. The Kier molecular flexibility index (Phi) is 4.36. The van der Waals surface area contributed by atoms with Gasteiger partial charge in [0.05, 0.1) is 0 Å². The van der Waals surface area contributed by atoms with Crippen LogP contribution >= 0.6 is 0 Å². The molecule has 0 aromatic heterocycles. The predicted octanol–water partition coefficient (Wildman–Crippen LogP) is 4.41. The molecule has 0 fully saturated rings. The van der Waals surface area contributed by atoms with Crippen molar-refractivity contribution in [1.29, 1.82) is 0 Å². The lowest BCUT2D eigenvalue weighted by molar-refractivity contribution is 0.104. The molecule has 2 aromatic carbocycles. The summed E-state index contributed by atoms with van der Waals surface area (Å²) >= 11 is 0. The van der Waals surface area contributed by atoms with Crippen LogP contribution < -0.4 is 0 Å². The van der Waals surface area contributed by atoms with Crippen LogP contribution in [-0.2, 0) is 0 Å². The molecule has 2 nitrogen and oxygen atoms in total. The zero-order valence-corrected chi connectivity index (χ0v) is 11.7. The molecule has 0 saturated heterocycles. The summed E-state index contributed by atoms with van der Waals surface area (Å²) in [5.41, 5.74) is 2.85. The maximum atomic E-state index is 11.9. The van der Waals surface area contributed by atoms with Crippen LogP contribution in [0.25, 0.3) is 6.08 Å². The molecule has 1 N–H and O–H groups in total. The number of phenols is 1. The molecule has 102 valence electrons. The van der Waals surface area contributed by atoms with Gasteiger partial charge in [-0.15, -0.1) is 0 Å². The highest BCUT2D eigenvalue weighted by Crippen LogP contribution is 2.16. The number of phenolic OH excluding ortho intramolecular Hbond substituents is 1. The third-order valence-corrected chi connectivity index (χ3v) is 3.18. The van der Waals surface area contributed by atoms with Gasteiger partial charge in [0.1, 0.15) is 5.75 Å². The molecule has 0 aliphatic rings. The molecule has 2 rings (SSSR count). The Labute approximate surface area is 119 Å². The summed E-state index contributed by atoms with van der Waals surface area (Å²) < 4.78 is 0. The van der Waals surface area contributed by atoms with Gasteiger partial charge in [-0.25, -0.2) is 0 Å². The van der Waals surface area contributed by atoms with Gasteiger partial charge in [-0.2, -0.15) is 0 Å². The highest BCUT2D eigenvalue weighted by atomic mass is 16.3. The van der Waals surface area contributed by atoms with Gasteiger partial charge in [-0.1, -0.05) is 44.2 Å². The summed E-state index contributed by atoms with van der Waals surface area (Å²) in [6.07, 6.45) is 3.36. The van der Waals surface area contributed by atoms with Gasteiger partial charge in [0.15, 0.2) is 5.78 Å². The summed E-state index contributed by atoms with van der Waals surface area (Å²) in [5, 5.41) is 9.19. The first-order valence-corrected chi connectivity index (χ1v) is 6.67. The second-order valence-electron chi connectivity index (χ2n) is 5.07. The average Bonchev–Trinajstić information content (AvgIpc) is 2.46. The van der Waals surface area contributed by atoms with E-state index in [0.29, 0.717) is 11.5 Å². The molecular weight excluding hydrogens is 248 g/mol. The molecule has 0 saturated carbocycles. The molecular formula is C18H18O2. The standard InChI is InChI=1S/C18H18O2/c1-13(2)15-6-3-14(4-7-15)5-12-18(20)16-8-10-17(19)11-9-16/h3-13,19H,1-2H3. The first-order valence-electron chi connectivity index (χ1n) is 6.67. The number of rotatable bonds is 4. The first-order chi connectivity index (χ1) is 9.56. The van der Waals surface area contributed by atoms with Crippen molar-refractivity contribution in [3.8, 4) is 5.75 Å². The first kappa shape index (κ1) is 14.1. The van der Waals surface area contributed by atoms with Crippen molar-refractivity contribution in [2.75, 3.05) is 0 Å². The van der Waals surface area contributed by atoms with Crippen LogP contribution in [0.15, 0.2) is 54.6 Å². The molecule has 0 amide bonds. The highest BCUT2D eigenvalue weighted by Gasteiger charge is 2.01. The van der Waals surface area contributed by atoms with Crippen LogP contribution in [0.4, 0.5) is 0 Å². The minimum Gasteiger partial charge on any atom is -0.508 e. The fourth-order valence-corrected chi connectivity index (χ4v) is 1.89. The average molecular weight is 266 g/mol. The van der Waals surface area contributed by atoms with Crippen LogP contribution in [0.3, 0.4) is 0 Å². The second kappa shape index (κ2) is 6.20. The van der Waals surface area contributed by atoms with E-state index in [1.807, 2.05) is 12.1 Å². The Hall–Kier alpha value is -2.35. The Morgan fingerprint density at radius 2 is 1.60 bits per heavy atom. The van der Waals surface area contributed by atoms with E-state index in [0.717, 1.165) is 5.56 Å². The molecule has 20 heavy (non-hydrogen) atoms. The van der Waals surface area contributed by atoms with Gasteiger partial charge in [-0.3, -0.25) is 4.79 Å². The Morgan fingerprint density at radius 3 is 2.15 bits per heavy atom. The Bertz CT molecular complexity index is 605. The molecule has 0 aliphatic carbocycles. The van der Waals surface area contributed by atoms with E-state index in [2.05, 4.69) is 26.0 Å². The molecule has 0 unspecified atom stereocenters. The maximum absolute atomic E-state index is 11.9. The molecule has 0 bridgehead atoms. The van der Waals surface area contributed by atoms with E-state index in [1.165, 1.54) is 17.7 Å². The molecule has 0 heterocycles. The number of carbonyl (C=O) groups excluding carboxylic acids is 1. The zero-order valence-electron chi connectivity index (χ0n) is 11.7. The quantitative estimate of drug-likeness (QED) is 0.657. The van der Waals surface area contributed by atoms with Gasteiger partial charge in [0.2, 0.25) is 0 Å². The number of carbonyl (C=O) groups is 1. The normalized spacial score (nSPS) is 11.2. The SMILES string of the molecule is CC(C)c1ccc(C=CC(=O)c2ccc(O)cc2)cc1. The number of benzene rings is 2. The third-order valence-electron chi connectivity index (χ3n) is 3.18. The second-order valence-corrected chi connectivity index (χ2v) is 5.07. The molecule has 0 atom stereocenters. The van der Waals surface area contributed by atoms with Crippen molar-refractivity contribution in [2.24, 2.45) is 0 Å². The van der Waals surface area contributed by atoms with Crippen LogP contribution in [0.2, 0.25) is 0 Å². The monoisotopic (exact) mass is 266 g/mol. The highest BCUT2D eigenvalue weighted by molar-refractivity contribution is 6.06. The molecule has 2 aromatic rings. The minimum absolute atomic E-state index is 0.0714. The minimum atomic E-state index is -0.0714. The van der Waals surface area contributed by atoms with E-state index < -0.39 is 0 Å². The summed E-state index contributed by atoms with van der Waals surface area (Å²) in [5.74, 6) is 0.597. The van der Waals surface area contributed by atoms with E-state index in [4.69, 9.17) is 0 Å². The fourth-order valence-electron chi connectivity index (χ4n) is 1.89. The van der Waals surface area contributed by atoms with Crippen molar-refractivity contribution in [3.05, 3.63) is 71.3 Å². The molecule has 0 radical (unpaired) electrons. The summed E-state index contributed by atoms with van der Waals surface area (Å²) in [4.78, 5) is 11.9. The number of allylic oxidation sites excluding steroid dienone is 1. The molecule has 0 aliphatic heterocycles. The Balaban J connectivity index is 2.08. The number of ketones is 1. The van der Waals surface area contributed by atoms with Crippen molar-refractivity contribution in [1.82, 2.24) is 0 Å². The summed E-state index contributed by atoms with van der Waals surface area (Å²) in [7, 11) is 0. The van der Waals surface area contributed by atoms with E-state index in [-0.39, 0.29) is 11.5 Å². The molecule has 2 heteroatoms. The predicted molar refractivity (Wildman–Crippen MR) is 82.0 cm³/mol. The zero-order chi connectivity index (χ0) is 14.5. The van der Waals surface area contributed by atoms with E-state index in [9.17, 15) is 9.90 Å². The van der Waals surface area contributed by atoms with Gasteiger partial charge in [0.25, 0.3) is 0 Å². The number of hydrogen-bond acceptors (Lipinski definition) is 2. The van der Waals surface area contributed by atoms with Gasteiger partial charge in [0, 0.05) is 5.56 Å². The van der Waals surface area contributed by atoms with Gasteiger partial charge >= 0.3 is 0 Å². The van der Waals surface area contributed by atoms with E-state index in [1.54, 1.807) is 24.3 Å². The van der Waals surface area contributed by atoms with Crippen LogP contribution in [0.5, 0.6) is 5.75 Å². The maximum Gasteiger partial charge on any atom is 0.185 e. The van der Waals surface area contributed by atoms with Crippen molar-refractivity contribution < 1.29 is 9.90 Å². The largest absolute Gasteiger partial charge is 0.508 e. The Morgan fingerprint density at radius 1 is 1.00 bits per heavy atom. The van der Waals surface area contributed by atoms with Crippen LogP contribution in [-0.4, -0.2) is 10.9 Å². The summed E-state index contributed by atoms with van der Waals surface area (Å²) in [6.45, 7) is 4.30. The van der Waals surface area contributed by atoms with Gasteiger partial charge in [-0.05, 0) is 47.4 Å². The fraction of sp³-hybridized carbons (Fsp3) is 0.167. The van der Waals surface area contributed by atoms with E-state index >= 15 is 0 Å². The van der Waals surface area contributed by atoms with Crippen LogP contribution in [0.1, 0.15) is 41.3 Å². The lowest BCUT2D eigenvalue weighted by atomic mass is 10.0. The third kappa shape index (κ3) is 3.58.